The highest BCUT2D eigenvalue weighted by Crippen LogP contribution is 2.37. The van der Waals surface area contributed by atoms with E-state index in [-0.39, 0.29) is 17.1 Å². The van der Waals surface area contributed by atoms with Crippen molar-refractivity contribution in [2.45, 2.75) is 13.8 Å². The van der Waals surface area contributed by atoms with Gasteiger partial charge in [-0.15, -0.1) is 11.3 Å². The van der Waals surface area contributed by atoms with Crippen molar-refractivity contribution in [3.05, 3.63) is 112 Å². The molecule has 0 radical (unpaired) electrons. The van der Waals surface area contributed by atoms with Crippen LogP contribution in [0.3, 0.4) is 0 Å². The van der Waals surface area contributed by atoms with Crippen molar-refractivity contribution in [2.24, 2.45) is 0 Å². The largest absolute Gasteiger partial charge is 0.294 e. The molecule has 2 aromatic heterocycles. The van der Waals surface area contributed by atoms with E-state index >= 15 is 0 Å². The van der Waals surface area contributed by atoms with Crippen molar-refractivity contribution in [3.63, 3.8) is 0 Å². The number of thiazole rings is 1. The van der Waals surface area contributed by atoms with Crippen LogP contribution in [0, 0.1) is 13.8 Å². The molecular formula is C29H20N2O2S. The fourth-order valence-electron chi connectivity index (χ4n) is 4.61. The van der Waals surface area contributed by atoms with Gasteiger partial charge in [-0.25, -0.2) is 4.98 Å². The van der Waals surface area contributed by atoms with E-state index in [1.165, 1.54) is 0 Å². The summed E-state index contributed by atoms with van der Waals surface area (Å²) in [6.45, 7) is 3.76. The number of para-hydroxylation sites is 1. The molecule has 5 aromatic rings. The maximum Gasteiger partial charge on any atom is 0.198 e. The van der Waals surface area contributed by atoms with E-state index in [4.69, 9.17) is 4.98 Å². The Labute approximate surface area is 200 Å². The zero-order valence-electron chi connectivity index (χ0n) is 18.7. The van der Waals surface area contributed by atoms with Crippen LogP contribution in [-0.4, -0.2) is 21.1 Å². The van der Waals surface area contributed by atoms with Gasteiger partial charge in [-0.05, 0) is 49.2 Å². The Balaban J connectivity index is 1.55. The highest BCUT2D eigenvalue weighted by Gasteiger charge is 2.36. The Morgan fingerprint density at radius 3 is 2.00 bits per heavy atom. The van der Waals surface area contributed by atoms with Crippen LogP contribution in [0.1, 0.15) is 37.5 Å². The predicted octanol–water partition coefficient (Wildman–Crippen LogP) is 6.83. The lowest BCUT2D eigenvalue weighted by Gasteiger charge is -2.08. The first-order valence-electron chi connectivity index (χ1n) is 11.1. The number of rotatable bonds is 3. The maximum atomic E-state index is 13.3. The van der Waals surface area contributed by atoms with E-state index in [0.29, 0.717) is 11.1 Å². The second-order valence-corrected chi connectivity index (χ2v) is 9.51. The van der Waals surface area contributed by atoms with Gasteiger partial charge in [0.1, 0.15) is 5.01 Å². The maximum absolute atomic E-state index is 13.3. The summed E-state index contributed by atoms with van der Waals surface area (Å²) >= 11 is 1.60. The van der Waals surface area contributed by atoms with Crippen LogP contribution < -0.4 is 0 Å². The Morgan fingerprint density at radius 2 is 1.38 bits per heavy atom. The molecule has 2 heterocycles. The summed E-state index contributed by atoms with van der Waals surface area (Å²) in [4.78, 5) is 31.6. The average molecular weight is 461 g/mol. The molecular weight excluding hydrogens is 440 g/mol. The molecule has 0 N–H and O–H groups in total. The third-order valence-corrected chi connectivity index (χ3v) is 7.32. The van der Waals surface area contributed by atoms with Gasteiger partial charge in [0, 0.05) is 22.4 Å². The number of ketones is 2. The highest BCUT2D eigenvalue weighted by atomic mass is 32.1. The third-order valence-electron chi connectivity index (χ3n) is 6.28. The number of carbonyl (C=O) groups is 2. The summed E-state index contributed by atoms with van der Waals surface area (Å²) in [5, 5.41) is 0.932. The summed E-state index contributed by atoms with van der Waals surface area (Å²) in [6, 6.07) is 25.8. The van der Waals surface area contributed by atoms with E-state index in [1.54, 1.807) is 17.4 Å². The Morgan fingerprint density at radius 1 is 0.794 bits per heavy atom. The number of nitrogens with zero attached hydrogens (tertiary/aromatic N) is 2. The minimum Gasteiger partial charge on any atom is -0.294 e. The molecule has 1 aliphatic carbocycles. The number of hydrogen-bond donors (Lipinski definition) is 0. The molecule has 0 atom stereocenters. The van der Waals surface area contributed by atoms with Crippen molar-refractivity contribution in [1.82, 2.24) is 9.55 Å². The lowest BCUT2D eigenvalue weighted by Crippen LogP contribution is -2.03. The topological polar surface area (TPSA) is 52.0 Å². The molecule has 6 rings (SSSR count). The first kappa shape index (κ1) is 20.5. The number of Topliss-reactive ketones (excluding diaryl/α,β-unsaturated/α-hetero) is 2. The second-order valence-electron chi connectivity index (χ2n) is 8.48. The van der Waals surface area contributed by atoms with E-state index in [2.05, 4.69) is 0 Å². The number of aromatic nitrogens is 2. The summed E-state index contributed by atoms with van der Waals surface area (Å²) in [7, 11) is 0. The summed E-state index contributed by atoms with van der Waals surface area (Å²) < 4.78 is 3.02. The van der Waals surface area contributed by atoms with E-state index < -0.39 is 0 Å². The molecule has 0 saturated heterocycles. The van der Waals surface area contributed by atoms with Gasteiger partial charge >= 0.3 is 0 Å². The lowest BCUT2D eigenvalue weighted by atomic mass is 9.99. The monoisotopic (exact) mass is 460 g/mol. The molecule has 0 fully saturated rings. The molecule has 5 heteroatoms. The summed E-state index contributed by atoms with van der Waals surface area (Å²) in [6.07, 6.45) is 1.73. The molecule has 0 spiro atoms. The molecule has 0 amide bonds. The van der Waals surface area contributed by atoms with Crippen molar-refractivity contribution >= 4 is 39.3 Å². The van der Waals surface area contributed by atoms with Crippen molar-refractivity contribution < 1.29 is 9.59 Å². The minimum atomic E-state index is -0.205. The Kier molecular flexibility index (Phi) is 4.67. The fourth-order valence-corrected chi connectivity index (χ4v) is 5.61. The number of allylic oxidation sites excluding steroid dienone is 1. The van der Waals surface area contributed by atoms with Gasteiger partial charge in [0.2, 0.25) is 0 Å². The van der Waals surface area contributed by atoms with Crippen LogP contribution in [0.15, 0.2) is 84.4 Å². The Hall–Kier alpha value is -4.09. The Bertz CT molecular complexity index is 1600. The van der Waals surface area contributed by atoms with Crippen LogP contribution in [0.2, 0.25) is 0 Å². The first-order valence-corrected chi connectivity index (χ1v) is 11.9. The molecule has 0 unspecified atom stereocenters. The fraction of sp³-hybridized carbons (Fsp3) is 0.0690. The van der Waals surface area contributed by atoms with Gasteiger partial charge < -0.3 is 0 Å². The van der Waals surface area contributed by atoms with Gasteiger partial charge in [-0.1, -0.05) is 60.7 Å². The number of fused-ring (bicyclic) bond motifs is 2. The van der Waals surface area contributed by atoms with Crippen LogP contribution in [0.25, 0.3) is 32.7 Å². The molecule has 34 heavy (non-hydrogen) atoms. The average Bonchev–Trinajstić information content (AvgIpc) is 3.49. The normalized spacial score (nSPS) is 13.1. The van der Waals surface area contributed by atoms with E-state index in [0.717, 1.165) is 43.4 Å². The van der Waals surface area contributed by atoms with Crippen LogP contribution in [0.4, 0.5) is 0 Å². The number of benzene rings is 3. The van der Waals surface area contributed by atoms with Crippen molar-refractivity contribution in [1.29, 1.82) is 0 Å². The van der Waals surface area contributed by atoms with Crippen LogP contribution >= 0.6 is 11.3 Å². The quantitative estimate of drug-likeness (QED) is 0.219. The van der Waals surface area contributed by atoms with E-state index in [9.17, 15) is 9.59 Å². The molecule has 0 saturated carbocycles. The molecule has 4 nitrogen and oxygen atoms in total. The SMILES string of the molecule is Cc1ccc(C)c2c1C(=O)C(=Cc1cc3sc(-c4ccccc4)nc3n1-c1ccccc1)C2=O. The number of aryl methyl sites for hydroxylation is 2. The van der Waals surface area contributed by atoms with Crippen LogP contribution in [0.5, 0.6) is 0 Å². The summed E-state index contributed by atoms with van der Waals surface area (Å²) in [5.74, 6) is -0.411. The van der Waals surface area contributed by atoms with Crippen LogP contribution in [-0.2, 0) is 0 Å². The number of hydrogen-bond acceptors (Lipinski definition) is 4. The highest BCUT2D eigenvalue weighted by molar-refractivity contribution is 7.21. The van der Waals surface area contributed by atoms with E-state index in [1.807, 2.05) is 97.3 Å². The second kappa shape index (κ2) is 7.75. The molecule has 164 valence electrons. The standard InChI is InChI=1S/C29H20N2O2S/c1-17-13-14-18(2)25-24(17)26(32)22(27(25)33)15-21-16-23-28(31(21)20-11-7-4-8-12-20)30-29(34-23)19-9-5-3-6-10-19/h3-16H,1-2H3. The number of carbonyl (C=O) groups excluding carboxylic acids is 2. The third kappa shape index (κ3) is 3.09. The lowest BCUT2D eigenvalue weighted by molar-refractivity contribution is 0.0990. The minimum absolute atomic E-state index is 0.205. The first-order chi connectivity index (χ1) is 16.5. The molecule has 1 aliphatic rings. The predicted molar refractivity (Wildman–Crippen MR) is 137 cm³/mol. The smallest absolute Gasteiger partial charge is 0.198 e. The molecule has 0 bridgehead atoms. The van der Waals surface area contributed by atoms with Crippen molar-refractivity contribution in [3.8, 4) is 16.3 Å². The van der Waals surface area contributed by atoms with Gasteiger partial charge in [0.15, 0.2) is 17.2 Å². The zero-order valence-corrected chi connectivity index (χ0v) is 19.5. The zero-order chi connectivity index (χ0) is 23.4. The van der Waals surface area contributed by atoms with Crippen molar-refractivity contribution in [2.75, 3.05) is 0 Å². The molecule has 3 aromatic carbocycles. The summed E-state index contributed by atoms with van der Waals surface area (Å²) in [5.41, 5.74) is 6.48. The van der Waals surface area contributed by atoms with Gasteiger partial charge in [-0.3, -0.25) is 14.2 Å². The van der Waals surface area contributed by atoms with Gasteiger partial charge in [-0.2, -0.15) is 0 Å². The van der Waals surface area contributed by atoms with Gasteiger partial charge in [0.05, 0.1) is 16.0 Å². The van der Waals surface area contributed by atoms with Gasteiger partial charge in [0.25, 0.3) is 0 Å². The molecule has 0 aliphatic heterocycles.